The number of aliphatic carboxylic acids is 1. The van der Waals surface area contributed by atoms with Crippen molar-refractivity contribution in [2.75, 3.05) is 0 Å². The number of nitrogens with zero attached hydrogens (tertiary/aromatic N) is 2. The summed E-state index contributed by atoms with van der Waals surface area (Å²) in [6.45, 7) is 0. The van der Waals surface area contributed by atoms with Crippen LogP contribution in [0.25, 0.3) is 21.8 Å². The Morgan fingerprint density at radius 1 is 0.957 bits per heavy atom. The maximum Gasteiger partial charge on any atom is 0.303 e. The van der Waals surface area contributed by atoms with Gasteiger partial charge in [-0.2, -0.15) is 0 Å². The molecule has 2 aromatic heterocycles. The first kappa shape index (κ1) is 15.4. The molecule has 0 fully saturated rings. The van der Waals surface area contributed by atoms with Gasteiger partial charge in [-0.05, 0) is 43.0 Å². The first-order valence-electron chi connectivity index (χ1n) is 8.09. The van der Waals surface area contributed by atoms with Crippen LogP contribution in [0, 0.1) is 0 Å². The fourth-order valence-electron chi connectivity index (χ4n) is 3.00. The summed E-state index contributed by atoms with van der Waals surface area (Å²) in [7, 11) is 0. The summed E-state index contributed by atoms with van der Waals surface area (Å²) in [5.41, 5.74) is 3.21. The minimum absolute atomic E-state index is 0.272. The smallest absolute Gasteiger partial charge is 0.303 e. The van der Waals surface area contributed by atoms with Crippen LogP contribution < -0.4 is 0 Å². The number of hydrogen-bond acceptors (Lipinski definition) is 3. The normalized spacial score (nSPS) is 11.1. The molecule has 2 heterocycles. The molecule has 0 saturated heterocycles. The van der Waals surface area contributed by atoms with Gasteiger partial charge in [-0.25, -0.2) is 0 Å². The largest absolute Gasteiger partial charge is 0.481 e. The van der Waals surface area contributed by atoms with Crippen molar-refractivity contribution in [2.24, 2.45) is 0 Å². The van der Waals surface area contributed by atoms with E-state index in [2.05, 4.69) is 28.2 Å². The van der Waals surface area contributed by atoms with Crippen LogP contribution in [0.15, 0.2) is 42.7 Å². The van der Waals surface area contributed by atoms with Gasteiger partial charge in [0.2, 0.25) is 0 Å². The summed E-state index contributed by atoms with van der Waals surface area (Å²) in [4.78, 5) is 19.5. The Hall–Kier alpha value is -2.49. The number of hydrogen-bond donors (Lipinski definition) is 1. The molecular weight excluding hydrogens is 288 g/mol. The predicted molar refractivity (Wildman–Crippen MR) is 91.5 cm³/mol. The molecule has 0 aliphatic heterocycles. The molecule has 0 amide bonds. The highest BCUT2D eigenvalue weighted by Crippen LogP contribution is 2.26. The highest BCUT2D eigenvalue weighted by atomic mass is 16.4. The van der Waals surface area contributed by atoms with Gasteiger partial charge in [0, 0.05) is 29.6 Å². The number of unbranched alkanes of at least 4 members (excludes halogenated alkanes) is 3. The van der Waals surface area contributed by atoms with Crippen molar-refractivity contribution in [1.29, 1.82) is 0 Å². The number of benzene rings is 1. The van der Waals surface area contributed by atoms with Crippen molar-refractivity contribution >= 4 is 27.8 Å². The van der Waals surface area contributed by atoms with E-state index in [1.54, 1.807) is 6.20 Å². The van der Waals surface area contributed by atoms with E-state index in [4.69, 9.17) is 5.11 Å². The Kier molecular flexibility index (Phi) is 4.81. The lowest BCUT2D eigenvalue weighted by molar-refractivity contribution is -0.137. The zero-order chi connectivity index (χ0) is 16.1. The molecule has 0 aliphatic rings. The minimum Gasteiger partial charge on any atom is -0.481 e. The lowest BCUT2D eigenvalue weighted by Gasteiger charge is -2.09. The van der Waals surface area contributed by atoms with Gasteiger partial charge in [-0.3, -0.25) is 14.8 Å². The molecule has 0 bridgehead atoms. The van der Waals surface area contributed by atoms with Crippen molar-refractivity contribution in [3.8, 4) is 0 Å². The lowest BCUT2D eigenvalue weighted by Crippen LogP contribution is -1.95. The molecule has 0 radical (unpaired) electrons. The number of carbonyl (C=O) groups is 1. The fraction of sp³-hybridized carbons (Fsp3) is 0.316. The molecule has 3 rings (SSSR count). The highest BCUT2D eigenvalue weighted by Gasteiger charge is 2.08. The Bertz CT molecular complexity index is 830. The second-order valence-corrected chi connectivity index (χ2v) is 5.82. The highest BCUT2D eigenvalue weighted by molar-refractivity contribution is 6.04. The molecule has 0 spiro atoms. The standard InChI is InChI=1S/C19H20N2O2/c22-17(23)10-4-2-1-3-7-14-13-15-8-5-11-20-18(15)19-16(14)9-6-12-21-19/h5-6,8-9,11-13H,1-4,7,10H2,(H,22,23). The summed E-state index contributed by atoms with van der Waals surface area (Å²) >= 11 is 0. The third-order valence-corrected chi connectivity index (χ3v) is 4.13. The number of carboxylic acid groups (broad SMARTS) is 1. The van der Waals surface area contributed by atoms with Crippen molar-refractivity contribution in [3.63, 3.8) is 0 Å². The average Bonchev–Trinajstić information content (AvgIpc) is 2.57. The van der Waals surface area contributed by atoms with Crippen LogP contribution in [-0.4, -0.2) is 21.0 Å². The van der Waals surface area contributed by atoms with Crippen LogP contribution >= 0.6 is 0 Å². The van der Waals surface area contributed by atoms with E-state index in [0.29, 0.717) is 0 Å². The van der Waals surface area contributed by atoms with Crippen LogP contribution in [0.3, 0.4) is 0 Å². The molecule has 4 nitrogen and oxygen atoms in total. The molecule has 0 unspecified atom stereocenters. The predicted octanol–water partition coefficient (Wildman–Crippen LogP) is 4.36. The van der Waals surface area contributed by atoms with Crippen LogP contribution in [0.1, 0.15) is 37.7 Å². The Balaban J connectivity index is 1.76. The molecule has 0 aliphatic carbocycles. The zero-order valence-electron chi connectivity index (χ0n) is 13.0. The third-order valence-electron chi connectivity index (χ3n) is 4.13. The SMILES string of the molecule is O=C(O)CCCCCCc1cc2cccnc2c2ncccc12. The Morgan fingerprint density at radius 2 is 1.70 bits per heavy atom. The number of rotatable bonds is 7. The van der Waals surface area contributed by atoms with Crippen molar-refractivity contribution in [1.82, 2.24) is 9.97 Å². The van der Waals surface area contributed by atoms with E-state index < -0.39 is 5.97 Å². The van der Waals surface area contributed by atoms with Gasteiger partial charge in [0.05, 0.1) is 11.0 Å². The molecule has 0 saturated carbocycles. The topological polar surface area (TPSA) is 63.1 Å². The average molecular weight is 308 g/mol. The van der Waals surface area contributed by atoms with Gasteiger partial charge in [0.1, 0.15) is 0 Å². The Morgan fingerprint density at radius 3 is 2.52 bits per heavy atom. The quantitative estimate of drug-likeness (QED) is 0.520. The van der Waals surface area contributed by atoms with Crippen LogP contribution in [0.4, 0.5) is 0 Å². The maximum atomic E-state index is 10.5. The van der Waals surface area contributed by atoms with Gasteiger partial charge in [0.15, 0.2) is 0 Å². The number of aromatic nitrogens is 2. The summed E-state index contributed by atoms with van der Waals surface area (Å²) < 4.78 is 0. The number of pyridine rings is 2. The fourth-order valence-corrected chi connectivity index (χ4v) is 3.00. The van der Waals surface area contributed by atoms with Crippen LogP contribution in [0.2, 0.25) is 0 Å². The zero-order valence-corrected chi connectivity index (χ0v) is 13.0. The van der Waals surface area contributed by atoms with E-state index >= 15 is 0 Å². The lowest BCUT2D eigenvalue weighted by atomic mass is 9.99. The maximum absolute atomic E-state index is 10.5. The molecule has 118 valence electrons. The van der Waals surface area contributed by atoms with E-state index in [9.17, 15) is 4.79 Å². The number of aryl methyl sites for hydroxylation is 1. The van der Waals surface area contributed by atoms with Gasteiger partial charge >= 0.3 is 5.97 Å². The van der Waals surface area contributed by atoms with Gasteiger partial charge in [-0.1, -0.05) is 25.0 Å². The summed E-state index contributed by atoms with van der Waals surface area (Å²) in [5.74, 6) is -0.705. The Labute approximate surface area is 135 Å². The molecule has 3 aromatic rings. The first-order valence-corrected chi connectivity index (χ1v) is 8.09. The van der Waals surface area contributed by atoms with Crippen LogP contribution in [0.5, 0.6) is 0 Å². The number of fused-ring (bicyclic) bond motifs is 3. The van der Waals surface area contributed by atoms with E-state index in [1.165, 1.54) is 10.9 Å². The van der Waals surface area contributed by atoms with Crippen molar-refractivity contribution < 1.29 is 9.90 Å². The molecule has 23 heavy (non-hydrogen) atoms. The molecule has 1 aromatic carbocycles. The molecule has 4 heteroatoms. The van der Waals surface area contributed by atoms with Gasteiger partial charge < -0.3 is 5.11 Å². The molecule has 0 atom stereocenters. The monoisotopic (exact) mass is 308 g/mol. The molecular formula is C19H20N2O2. The van der Waals surface area contributed by atoms with Crippen molar-refractivity contribution in [3.05, 3.63) is 48.3 Å². The summed E-state index contributed by atoms with van der Waals surface area (Å²) in [6.07, 6.45) is 8.73. The second-order valence-electron chi connectivity index (χ2n) is 5.82. The van der Waals surface area contributed by atoms with E-state index in [-0.39, 0.29) is 6.42 Å². The minimum atomic E-state index is -0.705. The van der Waals surface area contributed by atoms with E-state index in [1.807, 2.05) is 18.3 Å². The van der Waals surface area contributed by atoms with Crippen molar-refractivity contribution in [2.45, 2.75) is 38.5 Å². The summed E-state index contributed by atoms with van der Waals surface area (Å²) in [5, 5.41) is 10.9. The third kappa shape index (κ3) is 3.65. The second kappa shape index (κ2) is 7.18. The first-order chi connectivity index (χ1) is 11.3. The van der Waals surface area contributed by atoms with Crippen LogP contribution in [-0.2, 0) is 11.2 Å². The van der Waals surface area contributed by atoms with E-state index in [0.717, 1.165) is 48.5 Å². The number of carboxylic acids is 1. The van der Waals surface area contributed by atoms with Gasteiger partial charge in [-0.15, -0.1) is 0 Å². The molecule has 1 N–H and O–H groups in total. The summed E-state index contributed by atoms with van der Waals surface area (Å²) in [6, 6.07) is 10.3. The van der Waals surface area contributed by atoms with Gasteiger partial charge in [0.25, 0.3) is 0 Å².